The van der Waals surface area contributed by atoms with Crippen LogP contribution in [0.1, 0.15) is 11.1 Å². The number of nitrogens with two attached hydrogens (primary N) is 1. The van der Waals surface area contributed by atoms with Crippen LogP contribution < -0.4 is 5.73 Å². The molecule has 4 heteroatoms. The summed E-state index contributed by atoms with van der Waals surface area (Å²) >= 11 is 0. The van der Waals surface area contributed by atoms with Gasteiger partial charge in [-0.1, -0.05) is 6.07 Å². The minimum Gasteiger partial charge on any atom is -0.368 e. The van der Waals surface area contributed by atoms with Gasteiger partial charge in [0.1, 0.15) is 6.33 Å². The first-order valence-electron chi connectivity index (χ1n) is 4.41. The van der Waals surface area contributed by atoms with Gasteiger partial charge in [0.15, 0.2) is 0 Å². The minimum absolute atomic E-state index is 0.412. The van der Waals surface area contributed by atoms with Gasteiger partial charge in [0.05, 0.1) is 5.69 Å². The second kappa shape index (κ2) is 3.14. The van der Waals surface area contributed by atoms with E-state index in [9.17, 15) is 0 Å². The number of aryl methyl sites for hydroxylation is 2. The number of hydrogen-bond acceptors (Lipinski definition) is 3. The lowest BCUT2D eigenvalue weighted by molar-refractivity contribution is 0.887. The Labute approximate surface area is 82.4 Å². The molecule has 0 spiro atoms. The van der Waals surface area contributed by atoms with E-state index in [1.54, 1.807) is 4.68 Å². The third kappa shape index (κ3) is 1.46. The van der Waals surface area contributed by atoms with Crippen molar-refractivity contribution in [3.63, 3.8) is 0 Å². The third-order valence-electron chi connectivity index (χ3n) is 2.03. The van der Waals surface area contributed by atoms with Gasteiger partial charge in [-0.15, -0.1) is 0 Å². The van der Waals surface area contributed by atoms with Gasteiger partial charge in [-0.2, -0.15) is 14.8 Å². The fraction of sp³-hybridized carbons (Fsp3) is 0.200. The summed E-state index contributed by atoms with van der Waals surface area (Å²) in [5.41, 5.74) is 9.00. The van der Waals surface area contributed by atoms with Gasteiger partial charge in [-0.25, -0.2) is 0 Å². The maximum Gasteiger partial charge on any atom is 0.223 e. The molecular formula is C10H12N4. The molecule has 4 nitrogen and oxygen atoms in total. The van der Waals surface area contributed by atoms with Gasteiger partial charge in [0, 0.05) is 0 Å². The highest BCUT2D eigenvalue weighted by atomic mass is 15.4. The highest BCUT2D eigenvalue weighted by molar-refractivity contribution is 5.42. The van der Waals surface area contributed by atoms with Crippen molar-refractivity contribution in [3.8, 4) is 5.69 Å². The Morgan fingerprint density at radius 1 is 1.14 bits per heavy atom. The molecule has 0 radical (unpaired) electrons. The van der Waals surface area contributed by atoms with Crippen molar-refractivity contribution in [2.24, 2.45) is 0 Å². The lowest BCUT2D eigenvalue weighted by Crippen LogP contribution is -2.02. The van der Waals surface area contributed by atoms with E-state index in [0.717, 1.165) is 5.69 Å². The molecule has 0 saturated carbocycles. The summed E-state index contributed by atoms with van der Waals surface area (Å²) in [4.78, 5) is 3.88. The lowest BCUT2D eigenvalue weighted by atomic mass is 10.1. The van der Waals surface area contributed by atoms with E-state index in [1.165, 1.54) is 17.5 Å². The second-order valence-corrected chi connectivity index (χ2v) is 3.38. The van der Waals surface area contributed by atoms with Crippen molar-refractivity contribution in [3.05, 3.63) is 35.7 Å². The van der Waals surface area contributed by atoms with Gasteiger partial charge >= 0.3 is 0 Å². The predicted molar refractivity (Wildman–Crippen MR) is 55.2 cm³/mol. The molecule has 72 valence electrons. The smallest absolute Gasteiger partial charge is 0.223 e. The van der Waals surface area contributed by atoms with Crippen LogP contribution in [-0.4, -0.2) is 14.8 Å². The quantitative estimate of drug-likeness (QED) is 0.737. The van der Waals surface area contributed by atoms with Crippen LogP contribution in [0.2, 0.25) is 0 Å². The number of benzene rings is 1. The summed E-state index contributed by atoms with van der Waals surface area (Å²) < 4.78 is 1.62. The average molecular weight is 188 g/mol. The van der Waals surface area contributed by atoms with E-state index in [0.29, 0.717) is 5.95 Å². The van der Waals surface area contributed by atoms with Crippen molar-refractivity contribution < 1.29 is 0 Å². The molecular weight excluding hydrogens is 176 g/mol. The van der Waals surface area contributed by atoms with Gasteiger partial charge in [0.25, 0.3) is 0 Å². The van der Waals surface area contributed by atoms with Crippen molar-refractivity contribution in [2.75, 3.05) is 5.73 Å². The van der Waals surface area contributed by atoms with E-state index >= 15 is 0 Å². The summed E-state index contributed by atoms with van der Waals surface area (Å²) in [6.07, 6.45) is 1.45. The van der Waals surface area contributed by atoms with E-state index < -0.39 is 0 Å². The Kier molecular flexibility index (Phi) is 1.96. The van der Waals surface area contributed by atoms with Gasteiger partial charge in [0.2, 0.25) is 5.95 Å². The van der Waals surface area contributed by atoms with Crippen LogP contribution in [0.15, 0.2) is 24.5 Å². The third-order valence-corrected chi connectivity index (χ3v) is 2.03. The number of hydrogen-bond donors (Lipinski definition) is 1. The van der Waals surface area contributed by atoms with Crippen molar-refractivity contribution in [1.82, 2.24) is 14.8 Å². The number of nitrogens with zero attached hydrogens (tertiary/aromatic N) is 3. The molecule has 0 atom stereocenters. The molecule has 1 aromatic heterocycles. The van der Waals surface area contributed by atoms with Crippen LogP contribution in [0.3, 0.4) is 0 Å². The average Bonchev–Trinajstić information content (AvgIpc) is 2.49. The molecule has 0 saturated heterocycles. The molecule has 0 aliphatic heterocycles. The molecule has 1 heterocycles. The van der Waals surface area contributed by atoms with Gasteiger partial charge < -0.3 is 5.73 Å². The topological polar surface area (TPSA) is 56.7 Å². The normalized spacial score (nSPS) is 10.4. The highest BCUT2D eigenvalue weighted by Gasteiger charge is 2.03. The minimum atomic E-state index is 0.412. The Hall–Kier alpha value is -1.84. The molecule has 2 rings (SSSR count). The van der Waals surface area contributed by atoms with E-state index in [-0.39, 0.29) is 0 Å². The fourth-order valence-electron chi connectivity index (χ4n) is 1.52. The number of anilines is 1. The SMILES string of the molecule is Cc1cc(C)cc(-n2ncnc2N)c1. The first kappa shape index (κ1) is 8.74. The fourth-order valence-corrected chi connectivity index (χ4v) is 1.52. The van der Waals surface area contributed by atoms with Gasteiger partial charge in [-0.05, 0) is 37.1 Å². The molecule has 0 unspecified atom stereocenters. The second-order valence-electron chi connectivity index (χ2n) is 3.38. The number of nitrogen functional groups attached to an aromatic ring is 1. The van der Waals surface area contributed by atoms with E-state index in [1.807, 2.05) is 26.0 Å². The molecule has 0 aliphatic carbocycles. The zero-order valence-corrected chi connectivity index (χ0v) is 8.23. The van der Waals surface area contributed by atoms with Crippen molar-refractivity contribution in [2.45, 2.75) is 13.8 Å². The first-order chi connectivity index (χ1) is 6.66. The van der Waals surface area contributed by atoms with Crippen LogP contribution >= 0.6 is 0 Å². The molecule has 0 fully saturated rings. The monoisotopic (exact) mass is 188 g/mol. The van der Waals surface area contributed by atoms with Crippen LogP contribution in [0.25, 0.3) is 5.69 Å². The molecule has 0 aliphatic rings. The van der Waals surface area contributed by atoms with Crippen LogP contribution in [0.5, 0.6) is 0 Å². The molecule has 14 heavy (non-hydrogen) atoms. The molecule has 2 N–H and O–H groups in total. The number of rotatable bonds is 1. The summed E-state index contributed by atoms with van der Waals surface area (Å²) in [5.74, 6) is 0.412. The Balaban J connectivity index is 2.57. The lowest BCUT2D eigenvalue weighted by Gasteiger charge is -2.05. The van der Waals surface area contributed by atoms with E-state index in [2.05, 4.69) is 16.1 Å². The van der Waals surface area contributed by atoms with Crippen molar-refractivity contribution in [1.29, 1.82) is 0 Å². The molecule has 1 aromatic carbocycles. The molecule has 2 aromatic rings. The zero-order chi connectivity index (χ0) is 10.1. The van der Waals surface area contributed by atoms with Crippen LogP contribution in [-0.2, 0) is 0 Å². The summed E-state index contributed by atoms with van der Waals surface area (Å²) in [6.45, 7) is 4.09. The van der Waals surface area contributed by atoms with E-state index in [4.69, 9.17) is 5.73 Å². The summed E-state index contributed by atoms with van der Waals surface area (Å²) in [5, 5.41) is 4.05. The van der Waals surface area contributed by atoms with Crippen LogP contribution in [0, 0.1) is 13.8 Å². The zero-order valence-electron chi connectivity index (χ0n) is 8.23. The predicted octanol–water partition coefficient (Wildman–Crippen LogP) is 1.47. The van der Waals surface area contributed by atoms with Crippen LogP contribution in [0.4, 0.5) is 5.95 Å². The summed E-state index contributed by atoms with van der Waals surface area (Å²) in [7, 11) is 0. The number of aromatic nitrogens is 3. The Morgan fingerprint density at radius 2 is 1.79 bits per heavy atom. The van der Waals surface area contributed by atoms with Crippen molar-refractivity contribution >= 4 is 5.95 Å². The molecule has 0 amide bonds. The highest BCUT2D eigenvalue weighted by Crippen LogP contribution is 2.14. The molecule has 0 bridgehead atoms. The standard InChI is InChI=1S/C10H12N4/c1-7-3-8(2)5-9(4-7)14-10(11)12-6-13-14/h3-6H,1-2H3,(H2,11,12,13). The largest absolute Gasteiger partial charge is 0.368 e. The van der Waals surface area contributed by atoms with Gasteiger partial charge in [-0.3, -0.25) is 0 Å². The Bertz CT molecular complexity index is 439. The Morgan fingerprint density at radius 3 is 2.29 bits per heavy atom. The summed E-state index contributed by atoms with van der Waals surface area (Å²) in [6, 6.07) is 6.16. The maximum atomic E-state index is 5.66. The maximum absolute atomic E-state index is 5.66. The first-order valence-corrected chi connectivity index (χ1v) is 4.41.